The summed E-state index contributed by atoms with van der Waals surface area (Å²) in [7, 11) is 0. The van der Waals surface area contributed by atoms with Gasteiger partial charge in [0.2, 0.25) is 0 Å². The third-order valence-corrected chi connectivity index (χ3v) is 9.56. The third kappa shape index (κ3) is 4.68. The van der Waals surface area contributed by atoms with Gasteiger partial charge < -0.3 is 0 Å². The van der Waals surface area contributed by atoms with E-state index in [1.165, 1.54) is 55.0 Å². The van der Waals surface area contributed by atoms with Gasteiger partial charge in [-0.2, -0.15) is 0 Å². The van der Waals surface area contributed by atoms with Crippen molar-refractivity contribution in [2.45, 2.75) is 32.1 Å². The molecule has 0 N–H and O–H groups in total. The summed E-state index contributed by atoms with van der Waals surface area (Å²) >= 11 is 0. The fourth-order valence-electron chi connectivity index (χ4n) is 7.54. The second-order valence-electron chi connectivity index (χ2n) is 12.2. The number of pyridine rings is 2. The molecule has 2 nitrogen and oxygen atoms in total. The van der Waals surface area contributed by atoms with Gasteiger partial charge in [-0.15, -0.1) is 0 Å². The molecule has 0 saturated carbocycles. The molecule has 0 radical (unpaired) electrons. The van der Waals surface area contributed by atoms with Gasteiger partial charge in [0.1, 0.15) is 0 Å². The Morgan fingerprint density at radius 3 is 2.26 bits per heavy atom. The number of rotatable bonds is 4. The summed E-state index contributed by atoms with van der Waals surface area (Å²) in [6.45, 7) is 2.19. The maximum atomic E-state index is 4.64. The largest absolute Gasteiger partial charge is 0.264 e. The Morgan fingerprint density at radius 1 is 0.674 bits per heavy atom. The molecule has 0 spiro atoms. The molecule has 0 saturated heterocycles. The van der Waals surface area contributed by atoms with Crippen LogP contribution < -0.4 is 10.4 Å². The second kappa shape index (κ2) is 10.8. The lowest BCUT2D eigenvalue weighted by molar-refractivity contribution is 0.669. The monoisotopic (exact) mass is 554 g/mol. The Morgan fingerprint density at radius 2 is 1.47 bits per heavy atom. The summed E-state index contributed by atoms with van der Waals surface area (Å²) in [4.78, 5) is 8.96. The minimum atomic E-state index is 0.275. The van der Waals surface area contributed by atoms with Crippen molar-refractivity contribution in [2.24, 2.45) is 11.8 Å². The van der Waals surface area contributed by atoms with Gasteiger partial charge in [-0.3, -0.25) is 9.97 Å². The molecule has 0 fully saturated rings. The van der Waals surface area contributed by atoms with Crippen molar-refractivity contribution in [3.05, 3.63) is 172 Å². The Hall–Kier alpha value is -4.82. The maximum Gasteiger partial charge on any atom is 0.0347 e. The number of aryl methyl sites for hydroxylation is 2. The van der Waals surface area contributed by atoms with Crippen LogP contribution in [0.2, 0.25) is 0 Å². The Kier molecular flexibility index (Phi) is 6.48. The van der Waals surface area contributed by atoms with Crippen molar-refractivity contribution < 1.29 is 0 Å². The normalized spacial score (nSPS) is 21.9. The standard InChI is InChI=1S/C41H34N2/c1-27-15-16-30-22-32(18-17-29(30)20-27)41-38-13-4-2-11-36(38)40(37-12-3-5-14-39(37)41)31-9-6-8-28(21-31)34-23-35(26-43-25-34)33-10-7-19-42-24-33/h2-16,19-20,22-26,28,36,38H,17-18,21H2,1H3. The molecular formula is C41H34N2. The zero-order valence-electron chi connectivity index (χ0n) is 24.4. The van der Waals surface area contributed by atoms with Gasteiger partial charge >= 0.3 is 0 Å². The van der Waals surface area contributed by atoms with Crippen LogP contribution in [-0.4, -0.2) is 9.97 Å². The topological polar surface area (TPSA) is 25.8 Å². The number of hydrogen-bond acceptors (Lipinski definition) is 2. The number of allylic oxidation sites excluding steroid dienone is 9. The molecule has 8 rings (SSSR count). The molecule has 4 aliphatic carbocycles. The van der Waals surface area contributed by atoms with Crippen LogP contribution in [0, 0.1) is 18.8 Å². The van der Waals surface area contributed by atoms with Crippen molar-refractivity contribution in [3.8, 4) is 11.1 Å². The summed E-state index contributed by atoms with van der Waals surface area (Å²) in [6.07, 6.45) is 29.7. The highest BCUT2D eigenvalue weighted by Crippen LogP contribution is 2.45. The summed E-state index contributed by atoms with van der Waals surface area (Å²) in [5.41, 5.74) is 13.6. The lowest BCUT2D eigenvalue weighted by atomic mass is 9.67. The van der Waals surface area contributed by atoms with Crippen molar-refractivity contribution in [3.63, 3.8) is 0 Å². The lowest BCUT2D eigenvalue weighted by Gasteiger charge is -2.36. The van der Waals surface area contributed by atoms with Crippen LogP contribution in [0.5, 0.6) is 0 Å². The molecule has 0 bridgehead atoms. The molecule has 2 aromatic carbocycles. The predicted molar refractivity (Wildman–Crippen MR) is 177 cm³/mol. The van der Waals surface area contributed by atoms with E-state index in [9.17, 15) is 0 Å². The molecule has 4 aliphatic rings. The Balaban J connectivity index is 1.24. The first-order valence-electron chi connectivity index (χ1n) is 15.4. The van der Waals surface area contributed by atoms with E-state index in [1.54, 1.807) is 0 Å². The average molecular weight is 555 g/mol. The number of hydrogen-bond donors (Lipinski definition) is 0. The summed E-state index contributed by atoms with van der Waals surface area (Å²) in [5.74, 6) is 0.916. The highest BCUT2D eigenvalue weighted by molar-refractivity contribution is 5.85. The molecule has 43 heavy (non-hydrogen) atoms. The average Bonchev–Trinajstić information content (AvgIpc) is 3.07. The van der Waals surface area contributed by atoms with Crippen LogP contribution in [0.3, 0.4) is 0 Å². The third-order valence-electron chi connectivity index (χ3n) is 9.56. The Bertz CT molecular complexity index is 2020. The van der Waals surface area contributed by atoms with E-state index in [2.05, 4.69) is 120 Å². The van der Waals surface area contributed by atoms with Crippen LogP contribution in [0.1, 0.15) is 41.0 Å². The van der Waals surface area contributed by atoms with Crippen LogP contribution >= 0.6 is 0 Å². The minimum Gasteiger partial charge on any atom is -0.264 e. The van der Waals surface area contributed by atoms with Crippen LogP contribution in [-0.2, 0) is 6.42 Å². The molecule has 3 unspecified atom stereocenters. The SMILES string of the molecule is Cc1ccc2c(c1)CCC(C1=c3ccccc3=C(C3=CC=CC(c4cncc(-c5cccnc5)c4)C3)C3C=CC=CC13)=C2. The van der Waals surface area contributed by atoms with Gasteiger partial charge in [-0.1, -0.05) is 103 Å². The molecule has 2 heterocycles. The summed E-state index contributed by atoms with van der Waals surface area (Å²) < 4.78 is 0. The van der Waals surface area contributed by atoms with Gasteiger partial charge in [-0.05, 0) is 87.7 Å². The summed E-state index contributed by atoms with van der Waals surface area (Å²) in [6, 6.07) is 22.4. The first kappa shape index (κ1) is 25.9. The second-order valence-corrected chi connectivity index (χ2v) is 12.2. The van der Waals surface area contributed by atoms with Gasteiger partial charge in [0.15, 0.2) is 0 Å². The maximum absolute atomic E-state index is 4.64. The highest BCUT2D eigenvalue weighted by Gasteiger charge is 2.34. The van der Waals surface area contributed by atoms with E-state index in [-0.39, 0.29) is 5.92 Å². The molecule has 3 atom stereocenters. The van der Waals surface area contributed by atoms with E-state index in [0.29, 0.717) is 11.8 Å². The fourth-order valence-corrected chi connectivity index (χ4v) is 7.54. The minimum absolute atomic E-state index is 0.275. The van der Waals surface area contributed by atoms with E-state index < -0.39 is 0 Å². The van der Waals surface area contributed by atoms with Gasteiger partial charge in [0, 0.05) is 53.7 Å². The number of aromatic nitrogens is 2. The van der Waals surface area contributed by atoms with Crippen molar-refractivity contribution in [1.29, 1.82) is 0 Å². The summed E-state index contributed by atoms with van der Waals surface area (Å²) in [5, 5.41) is 2.78. The van der Waals surface area contributed by atoms with Crippen LogP contribution in [0.15, 0.2) is 139 Å². The molecule has 2 aromatic heterocycles. The molecular weight excluding hydrogens is 520 g/mol. The van der Waals surface area contributed by atoms with Crippen LogP contribution in [0.25, 0.3) is 28.3 Å². The zero-order chi connectivity index (χ0) is 28.8. The number of nitrogens with zero attached hydrogens (tertiary/aromatic N) is 2. The molecule has 4 aromatic rings. The van der Waals surface area contributed by atoms with Gasteiger partial charge in [0.25, 0.3) is 0 Å². The lowest BCUT2D eigenvalue weighted by Crippen LogP contribution is -2.41. The zero-order valence-corrected chi connectivity index (χ0v) is 24.4. The fraction of sp³-hybridized carbons (Fsp3) is 0.171. The van der Waals surface area contributed by atoms with Crippen molar-refractivity contribution >= 4 is 17.2 Å². The van der Waals surface area contributed by atoms with E-state index in [0.717, 1.165) is 30.4 Å². The first-order valence-corrected chi connectivity index (χ1v) is 15.4. The van der Waals surface area contributed by atoms with E-state index in [4.69, 9.17) is 0 Å². The quantitative estimate of drug-likeness (QED) is 0.257. The highest BCUT2D eigenvalue weighted by atomic mass is 14.6. The first-order chi connectivity index (χ1) is 21.2. The predicted octanol–water partition coefficient (Wildman–Crippen LogP) is 7.83. The molecule has 0 aliphatic heterocycles. The number of benzene rings is 2. The number of fused-ring (bicyclic) bond motifs is 3. The van der Waals surface area contributed by atoms with Gasteiger partial charge in [0.05, 0.1) is 0 Å². The van der Waals surface area contributed by atoms with Gasteiger partial charge in [-0.25, -0.2) is 0 Å². The van der Waals surface area contributed by atoms with Crippen molar-refractivity contribution in [1.82, 2.24) is 9.97 Å². The van der Waals surface area contributed by atoms with Crippen LogP contribution in [0.4, 0.5) is 0 Å². The molecule has 208 valence electrons. The van der Waals surface area contributed by atoms with Crippen molar-refractivity contribution in [2.75, 3.05) is 0 Å². The van der Waals surface area contributed by atoms with E-state index in [1.807, 2.05) is 30.9 Å². The molecule has 2 heteroatoms. The van der Waals surface area contributed by atoms with E-state index >= 15 is 0 Å². The smallest absolute Gasteiger partial charge is 0.0347 e. The molecule has 0 amide bonds. The Labute approximate surface area is 253 Å².